The zero-order valence-electron chi connectivity index (χ0n) is 17.2. The van der Waals surface area contributed by atoms with Gasteiger partial charge in [0.25, 0.3) is 5.91 Å². The van der Waals surface area contributed by atoms with Gasteiger partial charge in [-0.15, -0.1) is 0 Å². The fraction of sp³-hybridized carbons (Fsp3) is 0.474. The van der Waals surface area contributed by atoms with Gasteiger partial charge in [0.1, 0.15) is 23.4 Å². The number of hydrogen-bond acceptors (Lipinski definition) is 7. The summed E-state index contributed by atoms with van der Waals surface area (Å²) < 4.78 is 18.3. The Kier molecular flexibility index (Phi) is 10.7. The molecular weight excluding hydrogens is 470 g/mol. The molecule has 0 aliphatic rings. The standard InChI is InChI=1S/C19H25Cl2FN4O4S/c1-19(2,3)30-18(29)25-9-13(23)31-16(24)11-6-4-10(5-7-11)14(27)12(8-22)26-17(28)15(20)21/h4-7,12,14-15,23-24,27H,8-9H2,1-3H3,(H,25,29)(H,26,28)/t12-,14-/m1/s1. The maximum absolute atomic E-state index is 13.2. The number of benzene rings is 1. The molecule has 2 atom stereocenters. The maximum Gasteiger partial charge on any atom is 0.407 e. The van der Waals surface area contributed by atoms with Crippen LogP contribution in [0.15, 0.2) is 24.3 Å². The number of rotatable bonds is 8. The number of thioether (sulfide) groups is 1. The first-order valence-electron chi connectivity index (χ1n) is 9.07. The van der Waals surface area contributed by atoms with Crippen LogP contribution in [0.4, 0.5) is 9.18 Å². The third-order valence-electron chi connectivity index (χ3n) is 3.61. The van der Waals surface area contributed by atoms with Crippen molar-refractivity contribution in [3.05, 3.63) is 35.4 Å². The number of halogens is 3. The Bertz CT molecular complexity index is 803. The number of amides is 2. The van der Waals surface area contributed by atoms with E-state index in [1.165, 1.54) is 24.3 Å². The van der Waals surface area contributed by atoms with Gasteiger partial charge in [0.2, 0.25) is 0 Å². The zero-order valence-corrected chi connectivity index (χ0v) is 19.5. The summed E-state index contributed by atoms with van der Waals surface area (Å²) in [5, 5.41) is 31.0. The highest BCUT2D eigenvalue weighted by Gasteiger charge is 2.25. The Morgan fingerprint density at radius 1 is 1.23 bits per heavy atom. The molecule has 31 heavy (non-hydrogen) atoms. The van der Waals surface area contributed by atoms with Crippen molar-refractivity contribution in [2.75, 3.05) is 13.2 Å². The van der Waals surface area contributed by atoms with E-state index in [-0.39, 0.29) is 16.6 Å². The minimum absolute atomic E-state index is 0.0249. The molecule has 0 unspecified atom stereocenters. The van der Waals surface area contributed by atoms with Gasteiger partial charge in [-0.2, -0.15) is 0 Å². The van der Waals surface area contributed by atoms with Crippen molar-refractivity contribution in [1.29, 1.82) is 10.8 Å². The second-order valence-corrected chi connectivity index (χ2v) is 9.55. The van der Waals surface area contributed by atoms with E-state index in [1.807, 2.05) is 0 Å². The molecule has 0 aliphatic heterocycles. The Morgan fingerprint density at radius 3 is 2.29 bits per heavy atom. The average Bonchev–Trinajstić information content (AvgIpc) is 2.68. The lowest BCUT2D eigenvalue weighted by molar-refractivity contribution is -0.121. The van der Waals surface area contributed by atoms with Gasteiger partial charge in [0, 0.05) is 5.56 Å². The quantitative estimate of drug-likeness (QED) is 0.214. The van der Waals surface area contributed by atoms with Gasteiger partial charge >= 0.3 is 6.09 Å². The molecule has 1 rings (SSSR count). The summed E-state index contributed by atoms with van der Waals surface area (Å²) in [5.74, 6) is -0.821. The van der Waals surface area contributed by atoms with E-state index >= 15 is 0 Å². The molecular formula is C19H25Cl2FN4O4S. The molecule has 0 radical (unpaired) electrons. The van der Waals surface area contributed by atoms with Crippen LogP contribution in [0.2, 0.25) is 0 Å². The Hall–Kier alpha value is -1.88. The van der Waals surface area contributed by atoms with Crippen molar-refractivity contribution in [2.24, 2.45) is 0 Å². The van der Waals surface area contributed by atoms with Gasteiger partial charge in [-0.25, -0.2) is 9.18 Å². The Labute approximate surface area is 194 Å². The van der Waals surface area contributed by atoms with Gasteiger partial charge in [-0.3, -0.25) is 15.6 Å². The highest BCUT2D eigenvalue weighted by Crippen LogP contribution is 2.21. The third kappa shape index (κ3) is 9.86. The van der Waals surface area contributed by atoms with E-state index in [9.17, 15) is 19.1 Å². The van der Waals surface area contributed by atoms with Crippen molar-refractivity contribution in [2.45, 2.75) is 43.4 Å². The summed E-state index contributed by atoms with van der Waals surface area (Å²) in [4.78, 5) is 21.8. The second kappa shape index (κ2) is 12.2. The molecule has 0 saturated heterocycles. The van der Waals surface area contributed by atoms with Gasteiger partial charge in [0.05, 0.1) is 17.6 Å². The van der Waals surface area contributed by atoms with Crippen LogP contribution in [-0.4, -0.2) is 56.9 Å². The van der Waals surface area contributed by atoms with Gasteiger partial charge in [-0.1, -0.05) is 59.2 Å². The lowest BCUT2D eigenvalue weighted by Gasteiger charge is -2.22. The molecule has 0 spiro atoms. The molecule has 8 nitrogen and oxygen atoms in total. The van der Waals surface area contributed by atoms with E-state index in [4.69, 9.17) is 38.8 Å². The number of carbonyl (C=O) groups is 2. The average molecular weight is 495 g/mol. The molecule has 12 heteroatoms. The molecule has 172 valence electrons. The van der Waals surface area contributed by atoms with Crippen LogP contribution < -0.4 is 10.6 Å². The second-order valence-electron chi connectivity index (χ2n) is 7.35. The fourth-order valence-electron chi connectivity index (χ4n) is 2.20. The fourth-order valence-corrected chi connectivity index (χ4v) is 2.97. The number of ether oxygens (including phenoxy) is 1. The third-order valence-corrected chi connectivity index (χ3v) is 4.83. The van der Waals surface area contributed by atoms with E-state index in [0.717, 1.165) is 11.8 Å². The molecule has 2 amide bonds. The van der Waals surface area contributed by atoms with Gasteiger partial charge in [-0.05, 0) is 26.3 Å². The molecule has 1 aromatic carbocycles. The number of aliphatic hydroxyl groups excluding tert-OH is 1. The summed E-state index contributed by atoms with van der Waals surface area (Å²) in [6.45, 7) is 4.03. The number of alkyl carbamates (subject to hydrolysis) is 1. The molecule has 0 heterocycles. The highest BCUT2D eigenvalue weighted by atomic mass is 35.5. The Balaban J connectivity index is 2.65. The first kappa shape index (κ1) is 27.2. The van der Waals surface area contributed by atoms with Crippen molar-refractivity contribution in [3.63, 3.8) is 0 Å². The minimum Gasteiger partial charge on any atom is -0.444 e. The first-order valence-corrected chi connectivity index (χ1v) is 10.8. The number of aliphatic hydroxyl groups is 1. The van der Waals surface area contributed by atoms with Crippen LogP contribution in [0.3, 0.4) is 0 Å². The molecule has 0 fully saturated rings. The number of carbonyl (C=O) groups excluding carboxylic acids is 2. The summed E-state index contributed by atoms with van der Waals surface area (Å²) in [6.07, 6.45) is -2.01. The van der Waals surface area contributed by atoms with Crippen molar-refractivity contribution in [3.8, 4) is 0 Å². The monoisotopic (exact) mass is 494 g/mol. The highest BCUT2D eigenvalue weighted by molar-refractivity contribution is 8.26. The molecule has 0 aromatic heterocycles. The molecule has 0 bridgehead atoms. The van der Waals surface area contributed by atoms with Crippen LogP contribution in [0.1, 0.15) is 38.0 Å². The number of hydrogen-bond donors (Lipinski definition) is 5. The summed E-state index contributed by atoms with van der Waals surface area (Å²) in [7, 11) is 0. The van der Waals surface area contributed by atoms with Crippen LogP contribution in [0.25, 0.3) is 0 Å². The van der Waals surface area contributed by atoms with Crippen molar-refractivity contribution >= 4 is 57.1 Å². The normalized spacial score (nSPS) is 13.3. The number of alkyl halides is 3. The summed E-state index contributed by atoms with van der Waals surface area (Å²) >= 11 is 11.7. The molecule has 5 N–H and O–H groups in total. The van der Waals surface area contributed by atoms with E-state index in [1.54, 1.807) is 20.8 Å². The lowest BCUT2D eigenvalue weighted by Crippen LogP contribution is -2.43. The zero-order chi connectivity index (χ0) is 23.8. The number of nitrogens with one attached hydrogen (secondary N) is 4. The van der Waals surface area contributed by atoms with Crippen molar-refractivity contribution < 1.29 is 23.8 Å². The first-order chi connectivity index (χ1) is 14.3. The van der Waals surface area contributed by atoms with E-state index < -0.39 is 41.3 Å². The maximum atomic E-state index is 13.2. The molecule has 1 aromatic rings. The predicted octanol–water partition coefficient (Wildman–Crippen LogP) is 3.54. The molecule has 0 aliphatic carbocycles. The predicted molar refractivity (Wildman–Crippen MR) is 121 cm³/mol. The lowest BCUT2D eigenvalue weighted by atomic mass is 10.0. The molecule has 0 saturated carbocycles. The minimum atomic E-state index is -1.39. The Morgan fingerprint density at radius 2 is 1.81 bits per heavy atom. The largest absolute Gasteiger partial charge is 0.444 e. The van der Waals surface area contributed by atoms with Crippen LogP contribution in [-0.2, 0) is 9.53 Å². The smallest absolute Gasteiger partial charge is 0.407 e. The van der Waals surface area contributed by atoms with Gasteiger partial charge < -0.3 is 20.5 Å². The SMILES string of the molecule is CC(C)(C)OC(=O)NCC(=N)SC(=N)c1ccc([C@@H](O)[C@@H](CF)NC(=O)C(Cl)Cl)cc1. The topological polar surface area (TPSA) is 135 Å². The summed E-state index contributed by atoms with van der Waals surface area (Å²) in [6, 6.07) is 4.76. The summed E-state index contributed by atoms with van der Waals surface area (Å²) in [5.41, 5.74) is 0.107. The van der Waals surface area contributed by atoms with Crippen LogP contribution in [0.5, 0.6) is 0 Å². The van der Waals surface area contributed by atoms with E-state index in [0.29, 0.717) is 11.1 Å². The van der Waals surface area contributed by atoms with Crippen molar-refractivity contribution in [1.82, 2.24) is 10.6 Å². The van der Waals surface area contributed by atoms with Gasteiger partial charge in [0.15, 0.2) is 4.84 Å². The van der Waals surface area contributed by atoms with Crippen LogP contribution >= 0.6 is 35.0 Å². The van der Waals surface area contributed by atoms with E-state index in [2.05, 4.69) is 10.6 Å². The van der Waals surface area contributed by atoms with Crippen LogP contribution in [0, 0.1) is 10.8 Å².